The number of sulfone groups is 1. The molecule has 5 nitrogen and oxygen atoms in total. The molecule has 0 amide bonds. The third-order valence-corrected chi connectivity index (χ3v) is 4.13. The fourth-order valence-electron chi connectivity index (χ4n) is 1.78. The molecule has 0 aliphatic carbocycles. The lowest BCUT2D eigenvalue weighted by Crippen LogP contribution is -2.07. The van der Waals surface area contributed by atoms with Crippen LogP contribution in [0.5, 0.6) is 0 Å². The van der Waals surface area contributed by atoms with Crippen LogP contribution in [0.1, 0.15) is 11.3 Å². The van der Waals surface area contributed by atoms with E-state index in [1.54, 1.807) is 23.0 Å². The highest BCUT2D eigenvalue weighted by molar-refractivity contribution is 7.90. The molecule has 1 aromatic carbocycles. The third kappa shape index (κ3) is 3.14. The maximum absolute atomic E-state index is 11.5. The summed E-state index contributed by atoms with van der Waals surface area (Å²) in [5, 5.41) is 7.33. The summed E-state index contributed by atoms with van der Waals surface area (Å²) in [6.07, 6.45) is 2.94. The van der Waals surface area contributed by atoms with E-state index < -0.39 is 9.84 Å². The fourth-order valence-corrected chi connectivity index (χ4v) is 2.43. The number of hydrogen-bond donors (Lipinski definition) is 1. The van der Waals surface area contributed by atoms with Gasteiger partial charge in [-0.15, -0.1) is 0 Å². The number of rotatable bonds is 4. The molecule has 102 valence electrons. The molecular weight excluding hydrogens is 262 g/mol. The molecule has 1 heterocycles. The Hall–Kier alpha value is -1.82. The van der Waals surface area contributed by atoms with E-state index >= 15 is 0 Å². The lowest BCUT2D eigenvalue weighted by molar-refractivity contribution is 0.602. The number of nitrogens with one attached hydrogen (secondary N) is 1. The highest BCUT2D eigenvalue weighted by Gasteiger charge is 2.09. The van der Waals surface area contributed by atoms with Crippen molar-refractivity contribution < 1.29 is 8.42 Å². The molecule has 2 rings (SSSR count). The molecule has 0 atom stereocenters. The lowest BCUT2D eigenvalue weighted by atomic mass is 10.2. The van der Waals surface area contributed by atoms with Crippen molar-refractivity contribution >= 4 is 15.5 Å². The molecule has 0 saturated carbocycles. The highest BCUT2D eigenvalue weighted by atomic mass is 32.2. The first-order chi connectivity index (χ1) is 8.88. The number of aromatic nitrogens is 2. The predicted octanol–water partition coefficient (Wildman–Crippen LogP) is 1.74. The van der Waals surface area contributed by atoms with Crippen molar-refractivity contribution in [2.24, 2.45) is 7.05 Å². The van der Waals surface area contributed by atoms with Crippen LogP contribution < -0.4 is 5.32 Å². The van der Waals surface area contributed by atoms with Gasteiger partial charge >= 0.3 is 0 Å². The van der Waals surface area contributed by atoms with Gasteiger partial charge in [0.15, 0.2) is 9.84 Å². The molecule has 0 aliphatic heterocycles. The number of hydrogen-bond acceptors (Lipinski definition) is 4. The Balaban J connectivity index is 2.23. The largest absolute Gasteiger partial charge is 0.379 e. The normalized spacial score (nSPS) is 11.5. The molecule has 0 saturated heterocycles. The van der Waals surface area contributed by atoms with Crippen molar-refractivity contribution in [1.29, 1.82) is 0 Å². The first-order valence-electron chi connectivity index (χ1n) is 5.89. The summed E-state index contributed by atoms with van der Waals surface area (Å²) in [6, 6.07) is 7.02. The summed E-state index contributed by atoms with van der Waals surface area (Å²) in [6.45, 7) is 2.54. The molecule has 2 aromatic rings. The van der Waals surface area contributed by atoms with Gasteiger partial charge in [0.2, 0.25) is 0 Å². The minimum absolute atomic E-state index is 0.325. The van der Waals surface area contributed by atoms with E-state index in [0.29, 0.717) is 11.4 Å². The van der Waals surface area contributed by atoms with Crippen molar-refractivity contribution in [2.75, 3.05) is 11.6 Å². The lowest BCUT2D eigenvalue weighted by Gasteiger charge is -2.11. The second kappa shape index (κ2) is 5.05. The molecule has 0 bridgehead atoms. The van der Waals surface area contributed by atoms with Gasteiger partial charge in [-0.25, -0.2) is 8.42 Å². The zero-order valence-corrected chi connectivity index (χ0v) is 12.0. The standard InChI is InChI=1S/C13H17N3O2S/c1-10-4-5-12(19(3,17)18)8-13(10)14-9-11-6-7-15-16(11)2/h4-8,14H,9H2,1-3H3. The van der Waals surface area contributed by atoms with Crippen molar-refractivity contribution in [3.63, 3.8) is 0 Å². The Morgan fingerprint density at radius 2 is 2.05 bits per heavy atom. The summed E-state index contributed by atoms with van der Waals surface area (Å²) in [5.74, 6) is 0. The predicted molar refractivity (Wildman–Crippen MR) is 74.8 cm³/mol. The smallest absolute Gasteiger partial charge is 0.175 e. The maximum atomic E-state index is 11.5. The zero-order valence-electron chi connectivity index (χ0n) is 11.2. The van der Waals surface area contributed by atoms with Gasteiger partial charge in [-0.05, 0) is 30.7 Å². The van der Waals surface area contributed by atoms with E-state index in [0.717, 1.165) is 16.9 Å². The van der Waals surface area contributed by atoms with Crippen LogP contribution in [0.25, 0.3) is 0 Å². The van der Waals surface area contributed by atoms with E-state index in [1.807, 2.05) is 26.1 Å². The summed E-state index contributed by atoms with van der Waals surface area (Å²) in [7, 11) is -1.31. The summed E-state index contributed by atoms with van der Waals surface area (Å²) >= 11 is 0. The number of anilines is 1. The molecule has 0 radical (unpaired) electrons. The fraction of sp³-hybridized carbons (Fsp3) is 0.308. The first kappa shape index (κ1) is 13.6. The monoisotopic (exact) mass is 279 g/mol. The van der Waals surface area contributed by atoms with Gasteiger partial charge in [0, 0.05) is 25.2 Å². The Morgan fingerprint density at radius 1 is 1.32 bits per heavy atom. The van der Waals surface area contributed by atoms with Gasteiger partial charge in [0.05, 0.1) is 17.1 Å². The molecule has 1 N–H and O–H groups in total. The first-order valence-corrected chi connectivity index (χ1v) is 7.78. The SMILES string of the molecule is Cc1ccc(S(C)(=O)=O)cc1NCc1ccnn1C. The number of nitrogens with zero attached hydrogens (tertiary/aromatic N) is 2. The van der Waals surface area contributed by atoms with Crippen LogP contribution in [0, 0.1) is 6.92 Å². The second-order valence-electron chi connectivity index (χ2n) is 4.55. The quantitative estimate of drug-likeness (QED) is 0.926. The summed E-state index contributed by atoms with van der Waals surface area (Å²) < 4.78 is 24.9. The van der Waals surface area contributed by atoms with Gasteiger partial charge in [0.25, 0.3) is 0 Å². The Kier molecular flexibility index (Phi) is 3.61. The zero-order chi connectivity index (χ0) is 14.0. The molecule has 1 aromatic heterocycles. The molecule has 0 aliphatic rings. The van der Waals surface area contributed by atoms with Crippen LogP contribution in [-0.2, 0) is 23.4 Å². The summed E-state index contributed by atoms with van der Waals surface area (Å²) in [5.41, 5.74) is 2.86. The average molecular weight is 279 g/mol. The van der Waals surface area contributed by atoms with E-state index in [9.17, 15) is 8.42 Å². The molecule has 0 spiro atoms. The van der Waals surface area contributed by atoms with Gasteiger partial charge in [-0.2, -0.15) is 5.10 Å². The Bertz CT molecular complexity index is 690. The van der Waals surface area contributed by atoms with Crippen LogP contribution in [0.15, 0.2) is 35.4 Å². The Morgan fingerprint density at radius 3 is 2.63 bits per heavy atom. The van der Waals surface area contributed by atoms with Crippen LogP contribution in [0.2, 0.25) is 0 Å². The van der Waals surface area contributed by atoms with Crippen LogP contribution in [0.4, 0.5) is 5.69 Å². The van der Waals surface area contributed by atoms with Gasteiger partial charge < -0.3 is 5.32 Å². The maximum Gasteiger partial charge on any atom is 0.175 e. The van der Waals surface area contributed by atoms with E-state index in [1.165, 1.54) is 6.26 Å². The van der Waals surface area contributed by atoms with E-state index in [-0.39, 0.29) is 0 Å². The Labute approximate surface area is 113 Å². The highest BCUT2D eigenvalue weighted by Crippen LogP contribution is 2.20. The van der Waals surface area contributed by atoms with Gasteiger partial charge in [-0.3, -0.25) is 4.68 Å². The second-order valence-corrected chi connectivity index (χ2v) is 6.56. The van der Waals surface area contributed by atoms with Crippen molar-refractivity contribution in [3.8, 4) is 0 Å². The van der Waals surface area contributed by atoms with Crippen molar-refractivity contribution in [2.45, 2.75) is 18.4 Å². The van der Waals surface area contributed by atoms with Crippen molar-refractivity contribution in [3.05, 3.63) is 41.7 Å². The van der Waals surface area contributed by atoms with E-state index in [2.05, 4.69) is 10.4 Å². The van der Waals surface area contributed by atoms with Crippen LogP contribution in [0.3, 0.4) is 0 Å². The molecule has 6 heteroatoms. The molecule has 0 fully saturated rings. The van der Waals surface area contributed by atoms with E-state index in [4.69, 9.17) is 0 Å². The van der Waals surface area contributed by atoms with Crippen LogP contribution >= 0.6 is 0 Å². The molecule has 19 heavy (non-hydrogen) atoms. The van der Waals surface area contributed by atoms with Crippen LogP contribution in [-0.4, -0.2) is 24.5 Å². The third-order valence-electron chi connectivity index (χ3n) is 3.02. The number of benzene rings is 1. The van der Waals surface area contributed by atoms with Gasteiger partial charge in [0.1, 0.15) is 0 Å². The van der Waals surface area contributed by atoms with Gasteiger partial charge in [-0.1, -0.05) is 6.07 Å². The van der Waals surface area contributed by atoms with Crippen molar-refractivity contribution in [1.82, 2.24) is 9.78 Å². The minimum atomic E-state index is -3.18. The average Bonchev–Trinajstić information content (AvgIpc) is 2.72. The molecular formula is C13H17N3O2S. The topological polar surface area (TPSA) is 64.0 Å². The minimum Gasteiger partial charge on any atom is -0.379 e. The summed E-state index contributed by atoms with van der Waals surface area (Å²) in [4.78, 5) is 0.325. The molecule has 0 unspecified atom stereocenters. The number of aryl methyl sites for hydroxylation is 2.